The molecule has 1 aromatic heterocycles. The summed E-state index contributed by atoms with van der Waals surface area (Å²) in [5.41, 5.74) is 7.93. The lowest BCUT2D eigenvalue weighted by atomic mass is 10.0. The molecular formula is C26H25NO7S. The summed E-state index contributed by atoms with van der Waals surface area (Å²) < 4.78 is 47.5. The summed E-state index contributed by atoms with van der Waals surface area (Å²) in [6.45, 7) is 1.72. The molecule has 1 amide bonds. The summed E-state index contributed by atoms with van der Waals surface area (Å²) in [7, 11) is -2.77. The van der Waals surface area contributed by atoms with Gasteiger partial charge >= 0.3 is 10.1 Å². The smallest absolute Gasteiger partial charge is 0.328 e. The zero-order valence-corrected chi connectivity index (χ0v) is 20.0. The number of furan rings is 1. The molecule has 8 nitrogen and oxygen atoms in total. The lowest BCUT2D eigenvalue weighted by Crippen LogP contribution is -2.09. The average Bonchev–Trinajstić information content (AvgIpc) is 3.25. The van der Waals surface area contributed by atoms with Crippen LogP contribution in [-0.4, -0.2) is 26.0 Å². The van der Waals surface area contributed by atoms with Crippen molar-refractivity contribution in [3.63, 3.8) is 0 Å². The summed E-state index contributed by atoms with van der Waals surface area (Å²) in [6.07, 6.45) is 0. The van der Waals surface area contributed by atoms with Crippen LogP contribution in [0, 0.1) is 6.92 Å². The number of nitrogens with two attached hydrogens (primary N) is 1. The topological polar surface area (TPSA) is 129 Å². The van der Waals surface area contributed by atoms with Gasteiger partial charge in [-0.15, -0.1) is 0 Å². The molecule has 0 spiro atoms. The number of amides is 1. The Balaban J connectivity index is 0.000000320. The Hall–Kier alpha value is -4.08. The van der Waals surface area contributed by atoms with Gasteiger partial charge in [-0.1, -0.05) is 48.5 Å². The van der Waals surface area contributed by atoms with Gasteiger partial charge in [-0.3, -0.25) is 9.35 Å². The van der Waals surface area contributed by atoms with Crippen molar-refractivity contribution in [3.05, 3.63) is 102 Å². The van der Waals surface area contributed by atoms with Crippen molar-refractivity contribution >= 4 is 16.0 Å². The first-order chi connectivity index (χ1) is 16.7. The predicted octanol–water partition coefficient (Wildman–Crippen LogP) is 4.87. The first-order valence-corrected chi connectivity index (χ1v) is 11.9. The highest BCUT2D eigenvalue weighted by Gasteiger charge is 2.18. The van der Waals surface area contributed by atoms with E-state index >= 15 is 0 Å². The van der Waals surface area contributed by atoms with Crippen molar-refractivity contribution < 1.29 is 31.7 Å². The number of hydrogen-bond acceptors (Lipinski definition) is 6. The molecule has 0 saturated heterocycles. The molecule has 4 aromatic rings. The van der Waals surface area contributed by atoms with Gasteiger partial charge in [-0.25, -0.2) is 0 Å². The van der Waals surface area contributed by atoms with Crippen LogP contribution in [0.5, 0.6) is 11.5 Å². The van der Waals surface area contributed by atoms with E-state index in [-0.39, 0.29) is 12.5 Å². The zero-order valence-electron chi connectivity index (χ0n) is 19.2. The number of hydrogen-bond donors (Lipinski definition) is 2. The monoisotopic (exact) mass is 495 g/mol. The van der Waals surface area contributed by atoms with Crippen molar-refractivity contribution in [3.8, 4) is 22.6 Å². The fourth-order valence-electron chi connectivity index (χ4n) is 3.12. The molecule has 0 unspecified atom stereocenters. The highest BCUT2D eigenvalue weighted by molar-refractivity contribution is 7.85. The Morgan fingerprint density at radius 2 is 1.60 bits per heavy atom. The summed E-state index contributed by atoms with van der Waals surface area (Å²) in [6, 6.07) is 25.1. The number of para-hydroxylation sites is 1. The zero-order chi connectivity index (χ0) is 25.4. The van der Waals surface area contributed by atoms with Crippen LogP contribution < -0.4 is 15.2 Å². The number of methoxy groups -OCH3 is 1. The minimum absolute atomic E-state index is 0.109. The molecule has 0 aliphatic heterocycles. The molecule has 0 fully saturated rings. The predicted molar refractivity (Wildman–Crippen MR) is 131 cm³/mol. The quantitative estimate of drug-likeness (QED) is 0.350. The lowest BCUT2D eigenvalue weighted by Gasteiger charge is -2.11. The summed E-state index contributed by atoms with van der Waals surface area (Å²) in [5, 5.41) is -0.489. The molecule has 1 heterocycles. The third-order valence-corrected chi connectivity index (χ3v) is 5.69. The van der Waals surface area contributed by atoms with Crippen LogP contribution >= 0.6 is 0 Å². The summed E-state index contributed by atoms with van der Waals surface area (Å²) in [4.78, 5) is 10.4. The molecule has 0 atom stereocenters. The van der Waals surface area contributed by atoms with E-state index in [9.17, 15) is 13.2 Å². The fraction of sp³-hybridized carbons (Fsp3) is 0.115. The maximum atomic E-state index is 11.2. The van der Waals surface area contributed by atoms with Gasteiger partial charge in [-0.05, 0) is 42.8 Å². The van der Waals surface area contributed by atoms with E-state index < -0.39 is 15.2 Å². The van der Waals surface area contributed by atoms with E-state index in [2.05, 4.69) is 0 Å². The number of carbonyl (C=O) groups is 1. The Morgan fingerprint density at radius 3 is 2.14 bits per heavy atom. The van der Waals surface area contributed by atoms with Crippen LogP contribution in [0.25, 0.3) is 11.1 Å². The average molecular weight is 496 g/mol. The molecule has 9 heteroatoms. The molecule has 35 heavy (non-hydrogen) atoms. The molecule has 0 saturated carbocycles. The Bertz CT molecular complexity index is 1380. The normalized spacial score (nSPS) is 10.7. The fourth-order valence-corrected chi connectivity index (χ4v) is 3.64. The Kier molecular flexibility index (Phi) is 8.30. The maximum Gasteiger partial charge on any atom is 0.328 e. The minimum atomic E-state index is -4.38. The molecule has 0 bridgehead atoms. The van der Waals surface area contributed by atoms with Gasteiger partial charge in [0.25, 0.3) is 0 Å². The minimum Gasteiger partial charge on any atom is -0.497 e. The number of benzene rings is 3. The summed E-state index contributed by atoms with van der Waals surface area (Å²) >= 11 is 0. The van der Waals surface area contributed by atoms with Crippen LogP contribution in [0.15, 0.2) is 94.4 Å². The van der Waals surface area contributed by atoms with Crippen molar-refractivity contribution in [2.75, 3.05) is 7.11 Å². The molecule has 182 valence electrons. The number of carbonyl (C=O) groups excluding carboxylic acids is 1. The first kappa shape index (κ1) is 25.5. The standard InChI is InChI=1S/C19H18O6S.C7H7NO/c1-13-15(11-19(25-13)26(20,21)22)12-24-18-6-4-3-5-17(18)14-7-9-16(23-2)10-8-14;8-7(9)6-4-2-1-3-5-6/h3-11H,12H2,1-2H3,(H,20,21,22);1-5H,(H2,8,9). The molecule has 4 rings (SSSR count). The van der Waals surface area contributed by atoms with E-state index in [0.717, 1.165) is 16.9 Å². The van der Waals surface area contributed by atoms with Gasteiger partial charge in [0.15, 0.2) is 0 Å². The van der Waals surface area contributed by atoms with Gasteiger partial charge in [0.1, 0.15) is 23.9 Å². The number of primary amides is 1. The largest absolute Gasteiger partial charge is 0.497 e. The number of ether oxygens (including phenoxy) is 2. The van der Waals surface area contributed by atoms with Crippen LogP contribution in [0.2, 0.25) is 0 Å². The van der Waals surface area contributed by atoms with Gasteiger partial charge < -0.3 is 19.6 Å². The number of rotatable bonds is 7. The van der Waals surface area contributed by atoms with Crippen LogP contribution in [0.3, 0.4) is 0 Å². The molecule has 3 aromatic carbocycles. The van der Waals surface area contributed by atoms with E-state index in [4.69, 9.17) is 24.2 Å². The van der Waals surface area contributed by atoms with Crippen molar-refractivity contribution in [2.45, 2.75) is 18.6 Å². The van der Waals surface area contributed by atoms with Gasteiger partial charge in [-0.2, -0.15) is 8.42 Å². The van der Waals surface area contributed by atoms with Crippen molar-refractivity contribution in [1.82, 2.24) is 0 Å². The molecule has 0 aliphatic carbocycles. The van der Waals surface area contributed by atoms with Gasteiger partial charge in [0, 0.05) is 22.8 Å². The Morgan fingerprint density at radius 1 is 0.971 bits per heavy atom. The second-order valence-corrected chi connectivity index (χ2v) is 8.72. The maximum absolute atomic E-state index is 11.2. The lowest BCUT2D eigenvalue weighted by molar-refractivity contribution is 0.1000. The third-order valence-electron chi connectivity index (χ3n) is 4.98. The van der Waals surface area contributed by atoms with E-state index in [0.29, 0.717) is 22.6 Å². The number of aryl methyl sites for hydroxylation is 1. The SMILES string of the molecule is COc1ccc(-c2ccccc2OCc2cc(S(=O)(=O)O)oc2C)cc1.NC(=O)c1ccccc1. The van der Waals surface area contributed by atoms with Crippen LogP contribution in [0.1, 0.15) is 21.7 Å². The highest BCUT2D eigenvalue weighted by Crippen LogP contribution is 2.32. The summed E-state index contributed by atoms with van der Waals surface area (Å²) in [5.74, 6) is 1.40. The molecule has 0 aliphatic rings. The molecular weight excluding hydrogens is 470 g/mol. The highest BCUT2D eigenvalue weighted by atomic mass is 32.2. The van der Waals surface area contributed by atoms with Gasteiger partial charge in [0.2, 0.25) is 11.0 Å². The van der Waals surface area contributed by atoms with Gasteiger partial charge in [0.05, 0.1) is 7.11 Å². The van der Waals surface area contributed by atoms with E-state index in [1.165, 1.54) is 6.07 Å². The third kappa shape index (κ3) is 6.95. The Labute approximate surface area is 203 Å². The van der Waals surface area contributed by atoms with E-state index in [1.54, 1.807) is 38.3 Å². The molecule has 3 N–H and O–H groups in total. The van der Waals surface area contributed by atoms with Crippen LogP contribution in [0.4, 0.5) is 0 Å². The van der Waals surface area contributed by atoms with Crippen LogP contribution in [-0.2, 0) is 16.7 Å². The second kappa shape index (κ2) is 11.4. The van der Waals surface area contributed by atoms with Crippen molar-refractivity contribution in [2.24, 2.45) is 5.73 Å². The first-order valence-electron chi connectivity index (χ1n) is 10.5. The second-order valence-electron chi connectivity index (χ2n) is 7.37. The van der Waals surface area contributed by atoms with E-state index in [1.807, 2.05) is 54.6 Å². The van der Waals surface area contributed by atoms with Crippen molar-refractivity contribution in [1.29, 1.82) is 0 Å². The molecule has 0 radical (unpaired) electrons.